The summed E-state index contributed by atoms with van der Waals surface area (Å²) in [5, 5.41) is 11.1. The third-order valence-electron chi connectivity index (χ3n) is 20.5. The molecule has 0 aliphatic carbocycles. The normalized spacial score (nSPS) is 11.7. The molecule has 0 aliphatic rings. The summed E-state index contributed by atoms with van der Waals surface area (Å²) >= 11 is 0. The van der Waals surface area contributed by atoms with Gasteiger partial charge in [-0.2, -0.15) is 9.97 Å². The van der Waals surface area contributed by atoms with Crippen LogP contribution in [0.4, 0.5) is 0 Å². The van der Waals surface area contributed by atoms with E-state index in [0.29, 0.717) is 35.1 Å². The zero-order valence-corrected chi connectivity index (χ0v) is 57.3. The van der Waals surface area contributed by atoms with Gasteiger partial charge in [0.25, 0.3) is 0 Å². The van der Waals surface area contributed by atoms with Gasteiger partial charge < -0.3 is 17.8 Å². The number of benzene rings is 15. The minimum absolute atomic E-state index is 0.548. The van der Waals surface area contributed by atoms with E-state index in [9.17, 15) is 0 Å². The van der Waals surface area contributed by atoms with Gasteiger partial charge in [0, 0.05) is 87.2 Å². The van der Waals surface area contributed by atoms with Gasteiger partial charge in [-0.25, -0.2) is 19.9 Å². The number of aromatic nitrogens is 8. The largest absolute Gasteiger partial charge is 0.456 e. The number of furan rings is 3. The van der Waals surface area contributed by atoms with Crippen LogP contribution >= 0.6 is 0 Å². The SMILES string of the molecule is c1ccc(-c2nc(-c3cccc4oc5ccccc5c34)nc(-n3c4ccccc4c4cc(-c5ccc6c(c5)oc5ccccc56)ccc43)n2)cc1.c1ccc(-c2nc(-c3ccccc3)nc(-c3ccc(-c4ccccc4)c(-n4c5ccccc5c5cc(-c6ccc7c(c6)oc6ccccc67)ccc54)c3)n2)cc1. The molecule has 11 nitrogen and oxygen atoms in total. The molecule has 0 atom stereocenters. The molecule has 0 spiro atoms. The van der Waals surface area contributed by atoms with Crippen molar-refractivity contribution in [3.8, 4) is 102 Å². The van der Waals surface area contributed by atoms with Crippen LogP contribution in [0.2, 0.25) is 0 Å². The third-order valence-corrected chi connectivity index (χ3v) is 20.5. The van der Waals surface area contributed by atoms with Crippen molar-refractivity contribution in [1.82, 2.24) is 39.0 Å². The molecule has 0 aliphatic heterocycles. The molecule has 107 heavy (non-hydrogen) atoms. The molecule has 0 radical (unpaired) electrons. The van der Waals surface area contributed by atoms with Crippen molar-refractivity contribution < 1.29 is 13.3 Å². The van der Waals surface area contributed by atoms with E-state index in [-0.39, 0.29) is 0 Å². The van der Waals surface area contributed by atoms with Gasteiger partial charge in [0.1, 0.15) is 33.5 Å². The molecule has 7 heterocycles. The van der Waals surface area contributed by atoms with Gasteiger partial charge in [-0.3, -0.25) is 4.57 Å². The number of fused-ring (bicyclic) bond motifs is 15. The maximum atomic E-state index is 6.28. The molecule has 0 unspecified atom stereocenters. The Morgan fingerprint density at radius 2 is 0.551 bits per heavy atom. The van der Waals surface area contributed by atoms with E-state index in [1.165, 1.54) is 10.8 Å². The van der Waals surface area contributed by atoms with Gasteiger partial charge in [-0.05, 0) is 119 Å². The Labute approximate surface area is 611 Å². The molecule has 7 aromatic heterocycles. The minimum Gasteiger partial charge on any atom is -0.456 e. The first-order chi connectivity index (χ1) is 53.0. The van der Waals surface area contributed by atoms with Crippen molar-refractivity contribution in [2.24, 2.45) is 0 Å². The number of para-hydroxylation sites is 5. The lowest BCUT2D eigenvalue weighted by Gasteiger charge is -2.16. The molecular weight excluding hydrogens is 1310 g/mol. The lowest BCUT2D eigenvalue weighted by atomic mass is 10.00. The first-order valence-corrected chi connectivity index (χ1v) is 35.7. The monoisotopic (exact) mass is 1370 g/mol. The molecule has 0 fully saturated rings. The van der Waals surface area contributed by atoms with Gasteiger partial charge in [-0.1, -0.05) is 261 Å². The van der Waals surface area contributed by atoms with Crippen LogP contribution in [0, 0.1) is 0 Å². The Bertz CT molecular complexity index is 7200. The number of hydrogen-bond acceptors (Lipinski definition) is 9. The zero-order chi connectivity index (χ0) is 70.5. The molecule has 22 aromatic rings. The lowest BCUT2D eigenvalue weighted by Crippen LogP contribution is -2.06. The Hall–Kier alpha value is -14.7. The molecule has 15 aromatic carbocycles. The van der Waals surface area contributed by atoms with E-state index in [1.807, 2.05) is 152 Å². The Morgan fingerprint density at radius 3 is 1.10 bits per heavy atom. The summed E-state index contributed by atoms with van der Waals surface area (Å²) in [6, 6.07) is 122. The van der Waals surface area contributed by atoms with E-state index in [2.05, 4.69) is 209 Å². The summed E-state index contributed by atoms with van der Waals surface area (Å²) in [7, 11) is 0. The maximum absolute atomic E-state index is 6.28. The molecule has 500 valence electrons. The van der Waals surface area contributed by atoms with Crippen molar-refractivity contribution in [3.63, 3.8) is 0 Å². The number of rotatable bonds is 10. The Morgan fingerprint density at radius 1 is 0.187 bits per heavy atom. The van der Waals surface area contributed by atoms with Gasteiger partial charge in [0.05, 0.1) is 27.8 Å². The standard InChI is InChI=1S/C51H32N4O.C45H26N4O2/c1-4-14-33(15-5-1)39-27-25-38(51-53-49(34-16-6-2-7-17-34)52-50(54-51)35-18-8-3-9-19-35)31-46(39)55-44-22-12-10-20-40(44)43-30-36(26-29-45(43)55)37-24-28-42-41-21-11-13-23-47(41)56-48(42)32-37;1-2-11-27(12-3-1)43-46-44(34-16-10-20-40-42(34)33-15-6-9-19-39(33)50-40)48-45(47-43)49-36-17-7-4-13-30(36)35-25-28(22-24-37(35)49)29-21-23-32-31-14-5-8-18-38(31)51-41(32)26-29/h1-32H;1-26H. The van der Waals surface area contributed by atoms with E-state index >= 15 is 0 Å². The van der Waals surface area contributed by atoms with E-state index in [0.717, 1.165) is 166 Å². The van der Waals surface area contributed by atoms with Crippen LogP contribution in [-0.2, 0) is 0 Å². The summed E-state index contributed by atoms with van der Waals surface area (Å²) < 4.78 is 23.3. The Balaban J connectivity index is 0.000000138. The van der Waals surface area contributed by atoms with Crippen LogP contribution in [0.1, 0.15) is 0 Å². The molecule has 0 bridgehead atoms. The van der Waals surface area contributed by atoms with Gasteiger partial charge in [-0.15, -0.1) is 0 Å². The molecule has 0 saturated carbocycles. The highest BCUT2D eigenvalue weighted by Crippen LogP contribution is 2.44. The summed E-state index contributed by atoms with van der Waals surface area (Å²) in [5.41, 5.74) is 21.7. The van der Waals surface area contributed by atoms with E-state index < -0.39 is 0 Å². The quantitative estimate of drug-likeness (QED) is 0.131. The first kappa shape index (κ1) is 61.0. The molecule has 11 heteroatoms. The van der Waals surface area contributed by atoms with Gasteiger partial charge >= 0.3 is 0 Å². The highest BCUT2D eigenvalue weighted by Gasteiger charge is 2.24. The van der Waals surface area contributed by atoms with Crippen molar-refractivity contribution in [2.75, 3.05) is 0 Å². The van der Waals surface area contributed by atoms with Crippen LogP contribution in [0.25, 0.3) is 211 Å². The smallest absolute Gasteiger partial charge is 0.238 e. The van der Waals surface area contributed by atoms with Gasteiger partial charge in [0.2, 0.25) is 5.95 Å². The molecule has 0 N–H and O–H groups in total. The fourth-order valence-electron chi connectivity index (χ4n) is 15.5. The molecule has 0 amide bonds. The van der Waals surface area contributed by atoms with E-state index in [4.69, 9.17) is 43.2 Å². The predicted molar refractivity (Wildman–Crippen MR) is 434 cm³/mol. The van der Waals surface area contributed by atoms with Crippen LogP contribution in [0.15, 0.2) is 365 Å². The van der Waals surface area contributed by atoms with Crippen molar-refractivity contribution in [3.05, 3.63) is 352 Å². The fraction of sp³-hybridized carbons (Fsp3) is 0. The predicted octanol–water partition coefficient (Wildman–Crippen LogP) is 25.0. The minimum atomic E-state index is 0.548. The highest BCUT2D eigenvalue weighted by molar-refractivity contribution is 6.15. The molecular formula is C96H58N8O3. The van der Waals surface area contributed by atoms with Crippen molar-refractivity contribution in [2.45, 2.75) is 0 Å². The number of nitrogens with zero attached hydrogens (tertiary/aromatic N) is 8. The topological polar surface area (TPSA) is 127 Å². The number of hydrogen-bond donors (Lipinski definition) is 0. The Kier molecular flexibility index (Phi) is 14.3. The fourth-order valence-corrected chi connectivity index (χ4v) is 15.5. The van der Waals surface area contributed by atoms with Crippen LogP contribution in [0.5, 0.6) is 0 Å². The summed E-state index contributed by atoms with van der Waals surface area (Å²) in [5.74, 6) is 3.61. The van der Waals surface area contributed by atoms with Crippen LogP contribution < -0.4 is 0 Å². The van der Waals surface area contributed by atoms with Crippen LogP contribution in [0.3, 0.4) is 0 Å². The summed E-state index contributed by atoms with van der Waals surface area (Å²) in [4.78, 5) is 30.6. The second-order valence-electron chi connectivity index (χ2n) is 26.8. The van der Waals surface area contributed by atoms with Gasteiger partial charge in [0.15, 0.2) is 29.1 Å². The third kappa shape index (κ3) is 10.5. The molecule has 22 rings (SSSR count). The molecule has 0 saturated heterocycles. The average molecular weight is 1370 g/mol. The van der Waals surface area contributed by atoms with Crippen LogP contribution in [-0.4, -0.2) is 39.0 Å². The summed E-state index contributed by atoms with van der Waals surface area (Å²) in [6.45, 7) is 0. The van der Waals surface area contributed by atoms with Crippen molar-refractivity contribution in [1.29, 1.82) is 0 Å². The zero-order valence-electron chi connectivity index (χ0n) is 57.3. The summed E-state index contributed by atoms with van der Waals surface area (Å²) in [6.07, 6.45) is 0. The maximum Gasteiger partial charge on any atom is 0.238 e. The second-order valence-corrected chi connectivity index (χ2v) is 26.8. The first-order valence-electron chi connectivity index (χ1n) is 35.7. The highest BCUT2D eigenvalue weighted by atomic mass is 16.3. The van der Waals surface area contributed by atoms with Crippen molar-refractivity contribution >= 4 is 109 Å². The lowest BCUT2D eigenvalue weighted by molar-refractivity contribution is 0.668. The van der Waals surface area contributed by atoms with E-state index in [1.54, 1.807) is 0 Å². The average Bonchev–Trinajstić information content (AvgIpc) is 1.62. The second kappa shape index (κ2) is 25.1.